The summed E-state index contributed by atoms with van der Waals surface area (Å²) in [5.41, 5.74) is -0.268. The molecule has 0 radical (unpaired) electrons. The first-order valence-corrected chi connectivity index (χ1v) is 6.95. The monoisotopic (exact) mass is 314 g/mol. The van der Waals surface area contributed by atoms with Crippen LogP contribution in [0.3, 0.4) is 0 Å². The van der Waals surface area contributed by atoms with Crippen LogP contribution in [0.1, 0.15) is 10.5 Å². The third-order valence-corrected chi connectivity index (χ3v) is 3.82. The normalized spacial score (nSPS) is 11.1. The van der Waals surface area contributed by atoms with Crippen LogP contribution < -0.4 is 4.72 Å². The second kappa shape index (κ2) is 5.44. The van der Waals surface area contributed by atoms with Crippen molar-refractivity contribution in [3.63, 3.8) is 0 Å². The number of carboxylic acids is 1. The second-order valence-corrected chi connectivity index (χ2v) is 5.60. The van der Waals surface area contributed by atoms with Gasteiger partial charge < -0.3 is 5.11 Å². The topological polar surface area (TPSA) is 96.4 Å². The van der Waals surface area contributed by atoms with Crippen molar-refractivity contribution >= 4 is 21.7 Å². The highest BCUT2D eigenvalue weighted by molar-refractivity contribution is 7.92. The Kier molecular flexibility index (Phi) is 3.85. The summed E-state index contributed by atoms with van der Waals surface area (Å²) in [6.45, 7) is 0. The fourth-order valence-electron chi connectivity index (χ4n) is 1.44. The molecule has 110 valence electrons. The quantitative estimate of drug-likeness (QED) is 0.898. The molecule has 0 aliphatic rings. The summed E-state index contributed by atoms with van der Waals surface area (Å²) in [5, 5.41) is 8.66. The lowest BCUT2D eigenvalue weighted by Gasteiger charge is -2.08. The number of nitrogens with zero attached hydrogens (tertiary/aromatic N) is 1. The molecular formula is C12H8F2N2O4S. The van der Waals surface area contributed by atoms with E-state index in [1.165, 1.54) is 6.07 Å². The molecule has 0 saturated heterocycles. The van der Waals surface area contributed by atoms with Gasteiger partial charge >= 0.3 is 5.97 Å². The number of hydrogen-bond acceptors (Lipinski definition) is 4. The van der Waals surface area contributed by atoms with Gasteiger partial charge in [0.2, 0.25) is 0 Å². The molecule has 0 aliphatic carbocycles. The highest BCUT2D eigenvalue weighted by Gasteiger charge is 2.17. The van der Waals surface area contributed by atoms with Gasteiger partial charge in [0.25, 0.3) is 10.0 Å². The lowest BCUT2D eigenvalue weighted by atomic mass is 10.3. The van der Waals surface area contributed by atoms with Crippen molar-refractivity contribution in [1.29, 1.82) is 0 Å². The maximum Gasteiger partial charge on any atom is 0.354 e. The van der Waals surface area contributed by atoms with Crippen molar-refractivity contribution in [2.45, 2.75) is 4.90 Å². The molecule has 0 saturated carbocycles. The van der Waals surface area contributed by atoms with E-state index in [4.69, 9.17) is 5.11 Å². The molecular weight excluding hydrogens is 306 g/mol. The van der Waals surface area contributed by atoms with Crippen LogP contribution in [0.25, 0.3) is 0 Å². The van der Waals surface area contributed by atoms with E-state index in [0.29, 0.717) is 12.1 Å². The SMILES string of the molecule is O=C(O)c1ccc(NS(=O)(=O)c2ccc(F)c(F)c2)cn1. The Morgan fingerprint density at radius 1 is 1.14 bits per heavy atom. The van der Waals surface area contributed by atoms with E-state index in [1.54, 1.807) is 0 Å². The van der Waals surface area contributed by atoms with E-state index < -0.39 is 32.5 Å². The van der Waals surface area contributed by atoms with E-state index in [2.05, 4.69) is 9.71 Å². The first kappa shape index (κ1) is 14.9. The molecule has 0 atom stereocenters. The second-order valence-electron chi connectivity index (χ2n) is 3.92. The molecule has 9 heteroatoms. The largest absolute Gasteiger partial charge is 0.477 e. The van der Waals surface area contributed by atoms with Crippen LogP contribution in [0.4, 0.5) is 14.5 Å². The Labute approximate surface area is 118 Å². The van der Waals surface area contributed by atoms with E-state index >= 15 is 0 Å². The average molecular weight is 314 g/mol. The van der Waals surface area contributed by atoms with Crippen molar-refractivity contribution in [3.8, 4) is 0 Å². The molecule has 0 unspecified atom stereocenters. The predicted octanol–water partition coefficient (Wildman–Crippen LogP) is 1.86. The standard InChI is InChI=1S/C12H8F2N2O4S/c13-9-3-2-8(5-10(9)14)21(19,20)16-7-1-4-11(12(17)18)15-6-7/h1-6,16H,(H,17,18). The Bertz CT molecular complexity index is 791. The highest BCUT2D eigenvalue weighted by Crippen LogP contribution is 2.17. The Hall–Kier alpha value is -2.55. The number of aromatic nitrogens is 1. The summed E-state index contributed by atoms with van der Waals surface area (Å²) in [7, 11) is -4.13. The van der Waals surface area contributed by atoms with Gasteiger partial charge in [0, 0.05) is 0 Å². The fraction of sp³-hybridized carbons (Fsp3) is 0. The van der Waals surface area contributed by atoms with Gasteiger partial charge in [-0.05, 0) is 30.3 Å². The molecule has 1 aromatic carbocycles. The lowest BCUT2D eigenvalue weighted by Crippen LogP contribution is -2.14. The number of anilines is 1. The molecule has 0 aliphatic heterocycles. The Morgan fingerprint density at radius 2 is 1.86 bits per heavy atom. The van der Waals surface area contributed by atoms with Crippen molar-refractivity contribution in [2.24, 2.45) is 0 Å². The molecule has 1 aromatic heterocycles. The number of carboxylic acid groups (broad SMARTS) is 1. The third-order valence-electron chi connectivity index (χ3n) is 2.44. The zero-order chi connectivity index (χ0) is 15.6. The van der Waals surface area contributed by atoms with Crippen LogP contribution in [0.5, 0.6) is 0 Å². The van der Waals surface area contributed by atoms with E-state index in [1.807, 2.05) is 0 Å². The van der Waals surface area contributed by atoms with Gasteiger partial charge in [-0.2, -0.15) is 0 Å². The number of carbonyl (C=O) groups is 1. The maximum atomic E-state index is 13.0. The van der Waals surface area contributed by atoms with Gasteiger partial charge in [0.05, 0.1) is 16.8 Å². The van der Waals surface area contributed by atoms with Crippen LogP contribution in [0.2, 0.25) is 0 Å². The van der Waals surface area contributed by atoms with Crippen molar-refractivity contribution in [1.82, 2.24) is 4.98 Å². The van der Waals surface area contributed by atoms with E-state index in [9.17, 15) is 22.0 Å². The summed E-state index contributed by atoms with van der Waals surface area (Å²) in [5.74, 6) is -3.72. The molecule has 2 N–H and O–H groups in total. The first-order valence-electron chi connectivity index (χ1n) is 5.47. The Balaban J connectivity index is 2.28. The van der Waals surface area contributed by atoms with Crippen molar-refractivity contribution in [3.05, 3.63) is 53.9 Å². The molecule has 0 amide bonds. The highest BCUT2D eigenvalue weighted by atomic mass is 32.2. The predicted molar refractivity (Wildman–Crippen MR) is 68.4 cm³/mol. The summed E-state index contributed by atoms with van der Waals surface area (Å²) in [6.07, 6.45) is 1.00. The summed E-state index contributed by atoms with van der Waals surface area (Å²) in [6, 6.07) is 4.42. The van der Waals surface area contributed by atoms with Gasteiger partial charge in [0.15, 0.2) is 11.6 Å². The van der Waals surface area contributed by atoms with Crippen LogP contribution in [-0.4, -0.2) is 24.5 Å². The molecule has 1 heterocycles. The number of sulfonamides is 1. The molecule has 0 bridgehead atoms. The third kappa shape index (κ3) is 3.31. The van der Waals surface area contributed by atoms with E-state index in [-0.39, 0.29) is 11.4 Å². The van der Waals surface area contributed by atoms with Gasteiger partial charge in [-0.3, -0.25) is 4.72 Å². The van der Waals surface area contributed by atoms with Gasteiger partial charge in [-0.15, -0.1) is 0 Å². The maximum absolute atomic E-state index is 13.0. The molecule has 0 fully saturated rings. The molecule has 0 spiro atoms. The zero-order valence-electron chi connectivity index (χ0n) is 10.2. The summed E-state index contributed by atoms with van der Waals surface area (Å²) < 4.78 is 51.8. The number of benzene rings is 1. The van der Waals surface area contributed by atoms with Crippen LogP contribution in [0, 0.1) is 11.6 Å². The van der Waals surface area contributed by atoms with Crippen molar-refractivity contribution in [2.75, 3.05) is 4.72 Å². The lowest BCUT2D eigenvalue weighted by molar-refractivity contribution is 0.0690. The van der Waals surface area contributed by atoms with Crippen LogP contribution >= 0.6 is 0 Å². The van der Waals surface area contributed by atoms with Crippen LogP contribution in [-0.2, 0) is 10.0 Å². The number of aromatic carboxylic acids is 1. The van der Waals surface area contributed by atoms with E-state index in [0.717, 1.165) is 18.3 Å². The van der Waals surface area contributed by atoms with Gasteiger partial charge in [-0.25, -0.2) is 27.0 Å². The van der Waals surface area contributed by atoms with Crippen molar-refractivity contribution < 1.29 is 27.1 Å². The molecule has 2 rings (SSSR count). The zero-order valence-corrected chi connectivity index (χ0v) is 11.1. The number of halogens is 2. The minimum atomic E-state index is -4.13. The Morgan fingerprint density at radius 3 is 2.38 bits per heavy atom. The number of rotatable bonds is 4. The van der Waals surface area contributed by atoms with Crippen LogP contribution in [0.15, 0.2) is 41.4 Å². The summed E-state index contributed by atoms with van der Waals surface area (Å²) in [4.78, 5) is 13.7. The molecule has 2 aromatic rings. The smallest absolute Gasteiger partial charge is 0.354 e. The summed E-state index contributed by atoms with van der Waals surface area (Å²) >= 11 is 0. The minimum Gasteiger partial charge on any atom is -0.477 e. The fourth-order valence-corrected chi connectivity index (χ4v) is 2.49. The first-order chi connectivity index (χ1) is 9.79. The van der Waals surface area contributed by atoms with Gasteiger partial charge in [0.1, 0.15) is 5.69 Å². The minimum absolute atomic E-state index is 0.00951. The average Bonchev–Trinajstić information content (AvgIpc) is 2.42. The number of pyridine rings is 1. The van der Waals surface area contributed by atoms with Gasteiger partial charge in [-0.1, -0.05) is 0 Å². The number of nitrogens with one attached hydrogen (secondary N) is 1. The number of hydrogen-bond donors (Lipinski definition) is 2. The molecule has 6 nitrogen and oxygen atoms in total. The molecule has 21 heavy (non-hydrogen) atoms.